The van der Waals surface area contributed by atoms with E-state index >= 15 is 0 Å². The van der Waals surface area contributed by atoms with Crippen molar-refractivity contribution in [1.82, 2.24) is 4.90 Å². The van der Waals surface area contributed by atoms with Crippen molar-refractivity contribution in [1.29, 1.82) is 0 Å². The fourth-order valence-electron chi connectivity index (χ4n) is 2.27. The smallest absolute Gasteiger partial charge is 0.214 e. The summed E-state index contributed by atoms with van der Waals surface area (Å²) in [5.74, 6) is -0.333. The quantitative estimate of drug-likeness (QED) is 0.499. The van der Waals surface area contributed by atoms with Crippen LogP contribution in [0.1, 0.15) is 90.9 Å². The summed E-state index contributed by atoms with van der Waals surface area (Å²) in [6, 6.07) is 0. The van der Waals surface area contributed by atoms with Gasteiger partial charge in [-0.3, -0.25) is 4.79 Å². The Hall–Kier alpha value is -0.570. The molecule has 21 heavy (non-hydrogen) atoms. The Bertz CT molecular complexity index is 201. The van der Waals surface area contributed by atoms with E-state index in [4.69, 9.17) is 0 Å². The average molecular weight is 301 g/mol. The van der Waals surface area contributed by atoms with Crippen LogP contribution in [0.3, 0.4) is 0 Å². The van der Waals surface area contributed by atoms with Crippen molar-refractivity contribution in [2.24, 2.45) is 5.73 Å². The van der Waals surface area contributed by atoms with Gasteiger partial charge in [-0.25, -0.2) is 0 Å². The van der Waals surface area contributed by atoms with E-state index < -0.39 is 0 Å². The summed E-state index contributed by atoms with van der Waals surface area (Å²) in [7, 11) is 4.33. The molecule has 0 fully saturated rings. The monoisotopic (exact) mass is 300 g/mol. The standard InChI is InChI=1S/C16H35N.C2H5NO/c1-4-5-6-7-8-9-10-11-12-13-14-15-16-17(2)3;1-2(3)4/h4-16H2,1-3H3;1H3,(H2,3,4). The van der Waals surface area contributed by atoms with Crippen LogP contribution in [0.25, 0.3) is 0 Å². The van der Waals surface area contributed by atoms with Crippen LogP contribution in [-0.4, -0.2) is 31.4 Å². The largest absolute Gasteiger partial charge is 0.370 e. The second kappa shape index (κ2) is 19.4. The van der Waals surface area contributed by atoms with Gasteiger partial charge in [0.25, 0.3) is 0 Å². The molecule has 0 saturated heterocycles. The summed E-state index contributed by atoms with van der Waals surface area (Å²) in [6.07, 6.45) is 17.3. The first kappa shape index (κ1) is 22.7. The first-order valence-corrected chi connectivity index (χ1v) is 8.91. The molecule has 0 aromatic heterocycles. The van der Waals surface area contributed by atoms with Crippen LogP contribution in [0.5, 0.6) is 0 Å². The number of nitrogens with zero attached hydrogens (tertiary/aromatic N) is 1. The molecule has 3 heteroatoms. The van der Waals surface area contributed by atoms with E-state index in [0.717, 1.165) is 0 Å². The zero-order chi connectivity index (χ0) is 16.3. The van der Waals surface area contributed by atoms with Gasteiger partial charge in [-0.1, -0.05) is 77.6 Å². The van der Waals surface area contributed by atoms with Crippen molar-refractivity contribution in [2.45, 2.75) is 90.9 Å². The Kier molecular flexibility index (Phi) is 21.0. The van der Waals surface area contributed by atoms with E-state index in [1.54, 1.807) is 0 Å². The molecule has 0 bridgehead atoms. The molecule has 0 aliphatic carbocycles. The molecule has 0 aliphatic rings. The highest BCUT2D eigenvalue weighted by atomic mass is 16.1. The number of primary amides is 1. The van der Waals surface area contributed by atoms with Gasteiger partial charge < -0.3 is 10.6 Å². The van der Waals surface area contributed by atoms with Crippen molar-refractivity contribution in [3.05, 3.63) is 0 Å². The Morgan fingerprint density at radius 2 is 1.05 bits per heavy atom. The van der Waals surface area contributed by atoms with Gasteiger partial charge >= 0.3 is 0 Å². The number of rotatable bonds is 13. The van der Waals surface area contributed by atoms with Crippen LogP contribution < -0.4 is 5.73 Å². The van der Waals surface area contributed by atoms with Gasteiger partial charge in [-0.15, -0.1) is 0 Å². The SMILES string of the molecule is CC(N)=O.CCCCCCCCCCCCCCN(C)C. The highest BCUT2D eigenvalue weighted by molar-refractivity contribution is 5.70. The molecule has 128 valence electrons. The highest BCUT2D eigenvalue weighted by Crippen LogP contribution is 2.11. The lowest BCUT2D eigenvalue weighted by Crippen LogP contribution is -2.12. The van der Waals surface area contributed by atoms with Crippen molar-refractivity contribution < 1.29 is 4.79 Å². The minimum Gasteiger partial charge on any atom is -0.370 e. The third-order valence-corrected chi connectivity index (χ3v) is 3.46. The van der Waals surface area contributed by atoms with Crippen LogP contribution in [0.2, 0.25) is 0 Å². The Morgan fingerprint density at radius 3 is 1.33 bits per heavy atom. The molecule has 0 rings (SSSR count). The Labute approximate surface area is 133 Å². The molecule has 0 aromatic rings. The first-order valence-electron chi connectivity index (χ1n) is 8.91. The fourth-order valence-corrected chi connectivity index (χ4v) is 2.27. The highest BCUT2D eigenvalue weighted by Gasteiger charge is 1.94. The lowest BCUT2D eigenvalue weighted by molar-refractivity contribution is -0.115. The fraction of sp³-hybridized carbons (Fsp3) is 0.944. The van der Waals surface area contributed by atoms with Crippen molar-refractivity contribution in [2.75, 3.05) is 20.6 Å². The van der Waals surface area contributed by atoms with E-state index in [-0.39, 0.29) is 5.91 Å². The van der Waals surface area contributed by atoms with Gasteiger partial charge in [0.1, 0.15) is 0 Å². The van der Waals surface area contributed by atoms with E-state index in [1.165, 1.54) is 90.5 Å². The van der Waals surface area contributed by atoms with Crippen molar-refractivity contribution >= 4 is 5.91 Å². The lowest BCUT2D eigenvalue weighted by atomic mass is 10.1. The number of nitrogens with two attached hydrogens (primary N) is 1. The van der Waals surface area contributed by atoms with E-state index in [9.17, 15) is 4.79 Å². The molecule has 0 radical (unpaired) electrons. The molecular formula is C18H40N2O. The van der Waals surface area contributed by atoms with Crippen LogP contribution in [-0.2, 0) is 4.79 Å². The average Bonchev–Trinajstić information content (AvgIpc) is 2.39. The van der Waals surface area contributed by atoms with Crippen LogP contribution in [0, 0.1) is 0 Å². The molecule has 0 aliphatic heterocycles. The minimum absolute atomic E-state index is 0.333. The van der Waals surface area contributed by atoms with Gasteiger partial charge in [-0.05, 0) is 27.1 Å². The maximum Gasteiger partial charge on any atom is 0.214 e. The molecule has 0 spiro atoms. The normalized spacial score (nSPS) is 10.3. The van der Waals surface area contributed by atoms with Gasteiger partial charge in [-0.2, -0.15) is 0 Å². The summed E-state index contributed by atoms with van der Waals surface area (Å²) in [5, 5.41) is 0. The molecule has 1 amide bonds. The number of unbranched alkanes of at least 4 members (excludes halogenated alkanes) is 11. The summed E-state index contributed by atoms with van der Waals surface area (Å²) in [6.45, 7) is 4.85. The van der Waals surface area contributed by atoms with E-state index in [2.05, 4.69) is 31.7 Å². The number of amides is 1. The predicted molar refractivity (Wildman–Crippen MR) is 94.5 cm³/mol. The van der Waals surface area contributed by atoms with E-state index in [1.807, 2.05) is 0 Å². The summed E-state index contributed by atoms with van der Waals surface area (Å²) < 4.78 is 0. The molecule has 0 aromatic carbocycles. The zero-order valence-corrected chi connectivity index (χ0v) is 15.1. The van der Waals surface area contributed by atoms with Crippen LogP contribution in [0.4, 0.5) is 0 Å². The maximum absolute atomic E-state index is 9.22. The molecule has 0 saturated carbocycles. The molecule has 2 N–H and O–H groups in total. The number of hydrogen-bond donors (Lipinski definition) is 1. The second-order valence-electron chi connectivity index (χ2n) is 6.30. The topological polar surface area (TPSA) is 46.3 Å². The van der Waals surface area contributed by atoms with Crippen molar-refractivity contribution in [3.63, 3.8) is 0 Å². The zero-order valence-electron chi connectivity index (χ0n) is 15.1. The Balaban J connectivity index is 0. The maximum atomic E-state index is 9.22. The third kappa shape index (κ3) is 32.7. The summed E-state index contributed by atoms with van der Waals surface area (Å²) in [4.78, 5) is 11.5. The van der Waals surface area contributed by atoms with Crippen molar-refractivity contribution in [3.8, 4) is 0 Å². The van der Waals surface area contributed by atoms with Crippen LogP contribution in [0.15, 0.2) is 0 Å². The summed E-state index contributed by atoms with van der Waals surface area (Å²) in [5.41, 5.74) is 4.47. The minimum atomic E-state index is -0.333. The molecular weight excluding hydrogens is 260 g/mol. The third-order valence-electron chi connectivity index (χ3n) is 3.46. The van der Waals surface area contributed by atoms with Gasteiger partial charge in [0.15, 0.2) is 0 Å². The number of hydrogen-bond acceptors (Lipinski definition) is 2. The molecule has 0 unspecified atom stereocenters. The van der Waals surface area contributed by atoms with E-state index in [0.29, 0.717) is 0 Å². The van der Waals surface area contributed by atoms with Crippen LogP contribution >= 0.6 is 0 Å². The molecule has 0 heterocycles. The van der Waals surface area contributed by atoms with Gasteiger partial charge in [0.2, 0.25) is 5.91 Å². The lowest BCUT2D eigenvalue weighted by Gasteiger charge is -2.08. The summed E-state index contributed by atoms with van der Waals surface area (Å²) >= 11 is 0. The molecule has 0 atom stereocenters. The second-order valence-corrected chi connectivity index (χ2v) is 6.30. The number of carbonyl (C=O) groups excluding carboxylic acids is 1. The first-order chi connectivity index (χ1) is 10.0. The van der Waals surface area contributed by atoms with Gasteiger partial charge in [0, 0.05) is 6.92 Å². The Morgan fingerprint density at radius 1 is 0.762 bits per heavy atom. The van der Waals surface area contributed by atoms with Gasteiger partial charge in [0.05, 0.1) is 0 Å². The molecule has 3 nitrogen and oxygen atoms in total. The number of carbonyl (C=O) groups is 1. The predicted octanol–water partition coefficient (Wildman–Crippen LogP) is 4.74.